The third kappa shape index (κ3) is 1.64. The zero-order valence-corrected chi connectivity index (χ0v) is 8.96. The maximum absolute atomic E-state index is 13.6. The van der Waals surface area contributed by atoms with Crippen molar-refractivity contribution in [2.75, 3.05) is 5.73 Å². The van der Waals surface area contributed by atoms with E-state index >= 15 is 0 Å². The van der Waals surface area contributed by atoms with Gasteiger partial charge in [-0.3, -0.25) is 4.68 Å². The van der Waals surface area contributed by atoms with Gasteiger partial charge in [-0.25, -0.2) is 8.78 Å². The lowest BCUT2D eigenvalue weighted by molar-refractivity contribution is 0.594. The number of anilines is 1. The molecule has 3 nitrogen and oxygen atoms in total. The Kier molecular flexibility index (Phi) is 2.38. The van der Waals surface area contributed by atoms with Crippen LogP contribution in [0.1, 0.15) is 5.56 Å². The maximum Gasteiger partial charge on any atom is 0.133 e. The Bertz CT molecular complexity index is 546. The maximum atomic E-state index is 13.6. The second kappa shape index (κ2) is 3.59. The van der Waals surface area contributed by atoms with E-state index in [1.165, 1.54) is 11.6 Å². The Hall–Kier alpha value is -1.91. The van der Waals surface area contributed by atoms with E-state index < -0.39 is 11.6 Å². The zero-order valence-electron chi connectivity index (χ0n) is 8.96. The third-order valence-electron chi connectivity index (χ3n) is 2.36. The van der Waals surface area contributed by atoms with Crippen LogP contribution in [0.15, 0.2) is 18.3 Å². The van der Waals surface area contributed by atoms with Gasteiger partial charge in [0.2, 0.25) is 0 Å². The molecule has 0 saturated carbocycles. The second-order valence-electron chi connectivity index (χ2n) is 3.69. The first-order valence-corrected chi connectivity index (χ1v) is 4.74. The van der Waals surface area contributed by atoms with Crippen LogP contribution in [0.4, 0.5) is 14.5 Å². The van der Waals surface area contributed by atoms with Gasteiger partial charge >= 0.3 is 0 Å². The molecule has 2 N–H and O–H groups in total. The average Bonchev–Trinajstić information content (AvgIpc) is 2.51. The molecule has 0 amide bonds. The molecule has 1 aromatic heterocycles. The van der Waals surface area contributed by atoms with Crippen molar-refractivity contribution >= 4 is 5.69 Å². The van der Waals surface area contributed by atoms with Crippen LogP contribution in [0.3, 0.4) is 0 Å². The first-order chi connectivity index (χ1) is 7.49. The Morgan fingerprint density at radius 1 is 1.25 bits per heavy atom. The first kappa shape index (κ1) is 10.6. The van der Waals surface area contributed by atoms with Gasteiger partial charge in [-0.2, -0.15) is 5.10 Å². The van der Waals surface area contributed by atoms with E-state index in [1.54, 1.807) is 13.2 Å². The first-order valence-electron chi connectivity index (χ1n) is 4.74. The Balaban J connectivity index is 2.64. The summed E-state index contributed by atoms with van der Waals surface area (Å²) in [5.41, 5.74) is 6.59. The van der Waals surface area contributed by atoms with Crippen LogP contribution in [-0.4, -0.2) is 9.78 Å². The van der Waals surface area contributed by atoms with E-state index in [1.807, 2.05) is 0 Å². The fraction of sp³-hybridized carbons (Fsp3) is 0.182. The Morgan fingerprint density at radius 2 is 1.94 bits per heavy atom. The number of rotatable bonds is 1. The predicted octanol–water partition coefficient (Wildman–Crippen LogP) is 2.26. The predicted molar refractivity (Wildman–Crippen MR) is 57.7 cm³/mol. The zero-order chi connectivity index (χ0) is 11.9. The SMILES string of the molecule is Cc1cc(F)c(-c2nn(C)cc2N)cc1F. The number of hydrogen-bond donors (Lipinski definition) is 1. The molecule has 2 rings (SSSR count). The second-order valence-corrected chi connectivity index (χ2v) is 3.69. The van der Waals surface area contributed by atoms with Gasteiger partial charge in [0, 0.05) is 18.8 Å². The molecule has 0 aliphatic heterocycles. The van der Waals surface area contributed by atoms with Crippen molar-refractivity contribution in [2.45, 2.75) is 6.92 Å². The molecular weight excluding hydrogens is 212 g/mol. The van der Waals surface area contributed by atoms with Crippen molar-refractivity contribution in [3.8, 4) is 11.3 Å². The van der Waals surface area contributed by atoms with Crippen molar-refractivity contribution in [1.82, 2.24) is 9.78 Å². The Labute approximate surface area is 91.5 Å². The summed E-state index contributed by atoms with van der Waals surface area (Å²) < 4.78 is 28.4. The largest absolute Gasteiger partial charge is 0.396 e. The number of nitrogen functional groups attached to an aromatic ring is 1. The molecule has 16 heavy (non-hydrogen) atoms. The van der Waals surface area contributed by atoms with Crippen LogP contribution in [0, 0.1) is 18.6 Å². The fourth-order valence-electron chi connectivity index (χ4n) is 1.54. The summed E-state index contributed by atoms with van der Waals surface area (Å²) in [5, 5.41) is 4.00. The van der Waals surface area contributed by atoms with Crippen molar-refractivity contribution in [3.63, 3.8) is 0 Å². The van der Waals surface area contributed by atoms with Crippen LogP contribution in [0.5, 0.6) is 0 Å². The summed E-state index contributed by atoms with van der Waals surface area (Å²) in [7, 11) is 1.67. The summed E-state index contributed by atoms with van der Waals surface area (Å²) >= 11 is 0. The van der Waals surface area contributed by atoms with Gasteiger partial charge in [0.05, 0.1) is 5.69 Å². The number of hydrogen-bond acceptors (Lipinski definition) is 2. The van der Waals surface area contributed by atoms with Gasteiger partial charge in [0.15, 0.2) is 0 Å². The summed E-state index contributed by atoms with van der Waals surface area (Å²) in [4.78, 5) is 0. The van der Waals surface area contributed by atoms with Crippen LogP contribution >= 0.6 is 0 Å². The van der Waals surface area contributed by atoms with Crippen LogP contribution < -0.4 is 5.73 Å². The molecular formula is C11H11F2N3. The monoisotopic (exact) mass is 223 g/mol. The van der Waals surface area contributed by atoms with E-state index in [0.29, 0.717) is 5.69 Å². The topological polar surface area (TPSA) is 43.8 Å². The number of nitrogens with two attached hydrogens (primary N) is 1. The molecule has 0 saturated heterocycles. The molecule has 0 atom stereocenters. The average molecular weight is 223 g/mol. The highest BCUT2D eigenvalue weighted by Gasteiger charge is 2.14. The van der Waals surface area contributed by atoms with Crippen molar-refractivity contribution in [1.29, 1.82) is 0 Å². The van der Waals surface area contributed by atoms with Crippen molar-refractivity contribution in [3.05, 3.63) is 35.5 Å². The minimum atomic E-state index is -0.524. The highest BCUT2D eigenvalue weighted by atomic mass is 19.1. The standard InChI is InChI=1S/C11H11F2N3/c1-6-3-9(13)7(4-8(6)12)11-10(14)5-16(2)15-11/h3-5H,14H2,1-2H3. The quantitative estimate of drug-likeness (QED) is 0.805. The molecule has 1 heterocycles. The van der Waals surface area contributed by atoms with E-state index in [2.05, 4.69) is 5.10 Å². The number of benzene rings is 1. The summed E-state index contributed by atoms with van der Waals surface area (Å²) in [6, 6.07) is 2.25. The van der Waals surface area contributed by atoms with Gasteiger partial charge in [-0.1, -0.05) is 0 Å². The lowest BCUT2D eigenvalue weighted by atomic mass is 10.1. The third-order valence-corrected chi connectivity index (χ3v) is 2.36. The lowest BCUT2D eigenvalue weighted by Crippen LogP contribution is -1.94. The van der Waals surface area contributed by atoms with Gasteiger partial charge < -0.3 is 5.73 Å². The molecule has 0 fully saturated rings. The number of halogens is 2. The minimum absolute atomic E-state index is 0.0844. The number of aromatic nitrogens is 2. The highest BCUT2D eigenvalue weighted by Crippen LogP contribution is 2.28. The molecule has 5 heteroatoms. The van der Waals surface area contributed by atoms with Gasteiger partial charge in [0.1, 0.15) is 17.3 Å². The van der Waals surface area contributed by atoms with Crippen LogP contribution in [-0.2, 0) is 7.05 Å². The Morgan fingerprint density at radius 3 is 2.50 bits per heavy atom. The molecule has 2 aromatic rings. The summed E-state index contributed by atoms with van der Waals surface area (Å²) in [5.74, 6) is -0.995. The van der Waals surface area contributed by atoms with Gasteiger partial charge in [-0.05, 0) is 24.6 Å². The lowest BCUT2D eigenvalue weighted by Gasteiger charge is -2.03. The number of aryl methyl sites for hydroxylation is 2. The van der Waals surface area contributed by atoms with Gasteiger partial charge in [-0.15, -0.1) is 0 Å². The minimum Gasteiger partial charge on any atom is -0.396 e. The summed E-state index contributed by atoms with van der Waals surface area (Å²) in [6.07, 6.45) is 1.55. The van der Waals surface area contributed by atoms with E-state index in [9.17, 15) is 8.78 Å². The van der Waals surface area contributed by atoms with Crippen molar-refractivity contribution < 1.29 is 8.78 Å². The van der Waals surface area contributed by atoms with Crippen molar-refractivity contribution in [2.24, 2.45) is 7.05 Å². The molecule has 0 aliphatic rings. The van der Waals surface area contributed by atoms with Crippen LogP contribution in [0.2, 0.25) is 0 Å². The number of nitrogens with zero attached hydrogens (tertiary/aromatic N) is 2. The summed E-state index contributed by atoms with van der Waals surface area (Å²) in [6.45, 7) is 1.50. The fourth-order valence-corrected chi connectivity index (χ4v) is 1.54. The van der Waals surface area contributed by atoms with E-state index in [0.717, 1.165) is 12.1 Å². The molecule has 0 bridgehead atoms. The van der Waals surface area contributed by atoms with E-state index in [-0.39, 0.29) is 16.8 Å². The van der Waals surface area contributed by atoms with Gasteiger partial charge in [0.25, 0.3) is 0 Å². The molecule has 1 aromatic carbocycles. The van der Waals surface area contributed by atoms with Crippen LogP contribution in [0.25, 0.3) is 11.3 Å². The molecule has 84 valence electrons. The van der Waals surface area contributed by atoms with E-state index in [4.69, 9.17) is 5.73 Å². The smallest absolute Gasteiger partial charge is 0.133 e. The molecule has 0 unspecified atom stereocenters. The molecule has 0 spiro atoms. The molecule has 0 radical (unpaired) electrons. The highest BCUT2D eigenvalue weighted by molar-refractivity contribution is 5.72. The molecule has 0 aliphatic carbocycles. The normalized spacial score (nSPS) is 10.8.